The monoisotopic (exact) mass is 492 g/mol. The van der Waals surface area contributed by atoms with Gasteiger partial charge in [0, 0.05) is 24.0 Å². The van der Waals surface area contributed by atoms with Crippen LogP contribution in [0, 0.1) is 6.92 Å². The molecule has 0 fully saturated rings. The zero-order valence-electron chi connectivity index (χ0n) is 20.9. The molecule has 0 bridgehead atoms. The van der Waals surface area contributed by atoms with Crippen LogP contribution in [0.4, 0.5) is 0 Å². The number of hydrogen-bond donors (Lipinski definition) is 1. The molecule has 4 rings (SSSR count). The third-order valence-corrected chi connectivity index (χ3v) is 7.67. The second kappa shape index (κ2) is 11.8. The molecule has 1 aliphatic rings. The minimum atomic E-state index is -0.530. The molecule has 186 valence electrons. The van der Waals surface area contributed by atoms with Gasteiger partial charge in [0.15, 0.2) is 0 Å². The molecule has 1 N–H and O–H groups in total. The van der Waals surface area contributed by atoms with E-state index in [-0.39, 0.29) is 24.5 Å². The Morgan fingerprint density at radius 3 is 2.60 bits per heavy atom. The van der Waals surface area contributed by atoms with Crippen molar-refractivity contribution in [2.24, 2.45) is 0 Å². The van der Waals surface area contributed by atoms with Crippen LogP contribution in [-0.4, -0.2) is 59.2 Å². The highest BCUT2D eigenvalue weighted by molar-refractivity contribution is 7.10. The second-order valence-corrected chi connectivity index (χ2v) is 10.6. The van der Waals surface area contributed by atoms with Gasteiger partial charge in [0.25, 0.3) is 0 Å². The molecule has 0 saturated heterocycles. The van der Waals surface area contributed by atoms with E-state index < -0.39 is 6.10 Å². The zero-order chi connectivity index (χ0) is 24.8. The van der Waals surface area contributed by atoms with Crippen molar-refractivity contribution in [3.8, 4) is 5.75 Å². The van der Waals surface area contributed by atoms with Gasteiger partial charge in [-0.1, -0.05) is 48.0 Å². The number of aryl methyl sites for hydroxylation is 1. The fourth-order valence-electron chi connectivity index (χ4n) is 4.63. The highest BCUT2D eigenvalue weighted by Crippen LogP contribution is 2.34. The summed E-state index contributed by atoms with van der Waals surface area (Å²) >= 11 is 1.76. The molecule has 5 nitrogen and oxygen atoms in total. The van der Waals surface area contributed by atoms with Gasteiger partial charge < -0.3 is 14.7 Å². The number of carbonyl (C=O) groups is 1. The number of aliphatic hydroxyl groups excluding tert-OH is 1. The van der Waals surface area contributed by atoms with Crippen LogP contribution >= 0.6 is 11.3 Å². The maximum absolute atomic E-state index is 13.6. The Hall–Kier alpha value is -2.67. The lowest BCUT2D eigenvalue weighted by molar-refractivity contribution is -0.137. The third-order valence-electron chi connectivity index (χ3n) is 6.67. The first kappa shape index (κ1) is 25.4. The largest absolute Gasteiger partial charge is 0.491 e. The summed E-state index contributed by atoms with van der Waals surface area (Å²) in [7, 11) is 0. The number of hydrogen-bond acceptors (Lipinski definition) is 5. The molecule has 1 aliphatic heterocycles. The highest BCUT2D eigenvalue weighted by Gasteiger charge is 2.33. The van der Waals surface area contributed by atoms with Crippen LogP contribution in [0.3, 0.4) is 0 Å². The lowest BCUT2D eigenvalue weighted by atomic mass is 10.00. The third kappa shape index (κ3) is 6.72. The highest BCUT2D eigenvalue weighted by atomic mass is 32.1. The van der Waals surface area contributed by atoms with E-state index in [1.807, 2.05) is 59.5 Å². The van der Waals surface area contributed by atoms with Crippen molar-refractivity contribution >= 4 is 17.2 Å². The van der Waals surface area contributed by atoms with Crippen LogP contribution in [0.25, 0.3) is 0 Å². The van der Waals surface area contributed by atoms with Gasteiger partial charge in [-0.3, -0.25) is 9.69 Å². The molecule has 0 spiro atoms. The Morgan fingerprint density at radius 1 is 1.14 bits per heavy atom. The smallest absolute Gasteiger partial charge is 0.237 e. The Labute approximate surface area is 213 Å². The topological polar surface area (TPSA) is 53.0 Å². The predicted octanol–water partition coefficient (Wildman–Crippen LogP) is 4.88. The molecule has 3 aromatic rings. The number of aliphatic hydroxyl groups is 1. The quantitative estimate of drug-likeness (QED) is 0.439. The van der Waals surface area contributed by atoms with Crippen LogP contribution in [0.2, 0.25) is 0 Å². The summed E-state index contributed by atoms with van der Waals surface area (Å²) in [5.41, 5.74) is 3.49. The van der Waals surface area contributed by atoms with E-state index in [0.29, 0.717) is 26.1 Å². The van der Waals surface area contributed by atoms with Crippen molar-refractivity contribution < 1.29 is 14.6 Å². The average molecular weight is 493 g/mol. The number of benzene rings is 2. The predicted molar refractivity (Wildman–Crippen MR) is 142 cm³/mol. The fourth-order valence-corrected chi connectivity index (χ4v) is 5.56. The van der Waals surface area contributed by atoms with Crippen molar-refractivity contribution in [3.05, 3.63) is 87.6 Å². The van der Waals surface area contributed by atoms with Gasteiger partial charge in [-0.25, -0.2) is 0 Å². The van der Waals surface area contributed by atoms with Crippen LogP contribution in [0.5, 0.6) is 5.75 Å². The Bertz CT molecular complexity index is 1080. The number of fused-ring (bicyclic) bond motifs is 1. The molecule has 0 saturated carbocycles. The van der Waals surface area contributed by atoms with Gasteiger partial charge in [-0.05, 0) is 68.3 Å². The van der Waals surface area contributed by atoms with Crippen molar-refractivity contribution in [1.29, 1.82) is 0 Å². The molecular weight excluding hydrogens is 456 g/mol. The summed E-state index contributed by atoms with van der Waals surface area (Å²) in [6.45, 7) is 8.07. The second-order valence-electron chi connectivity index (χ2n) is 9.64. The number of nitrogens with zero attached hydrogens (tertiary/aromatic N) is 2. The van der Waals surface area contributed by atoms with E-state index in [2.05, 4.69) is 37.1 Å². The van der Waals surface area contributed by atoms with Gasteiger partial charge in [-0.15, -0.1) is 11.3 Å². The number of ether oxygens (including phenoxy) is 1. The standard InChI is InChI=1S/C29H36N2O3S/c1-21(2)30(18-24(32)17-23-7-5-4-6-8-23)19-29(33)31-15-13-28-26(14-16-35-28)27(31)20-34-25-11-9-22(3)10-12-25/h4-12,14,16,21,24,27,32H,13,15,17-20H2,1-3H3. The van der Waals surface area contributed by atoms with Crippen molar-refractivity contribution in [3.63, 3.8) is 0 Å². The van der Waals surface area contributed by atoms with Gasteiger partial charge >= 0.3 is 0 Å². The zero-order valence-corrected chi connectivity index (χ0v) is 21.7. The molecule has 0 radical (unpaired) electrons. The Balaban J connectivity index is 1.43. The van der Waals surface area contributed by atoms with Crippen molar-refractivity contribution in [1.82, 2.24) is 9.80 Å². The summed E-state index contributed by atoms with van der Waals surface area (Å²) in [4.78, 5) is 19.0. The molecule has 2 aromatic carbocycles. The summed E-state index contributed by atoms with van der Waals surface area (Å²) in [5, 5.41) is 12.9. The van der Waals surface area contributed by atoms with E-state index in [1.165, 1.54) is 16.0 Å². The maximum Gasteiger partial charge on any atom is 0.237 e. The molecule has 0 aliphatic carbocycles. The van der Waals surface area contributed by atoms with Gasteiger partial charge in [0.05, 0.1) is 18.7 Å². The van der Waals surface area contributed by atoms with Gasteiger partial charge in [0.1, 0.15) is 12.4 Å². The molecule has 1 amide bonds. The number of thiophene rings is 1. The molecule has 1 aromatic heterocycles. The van der Waals surface area contributed by atoms with Crippen molar-refractivity contribution in [2.75, 3.05) is 26.2 Å². The van der Waals surface area contributed by atoms with Crippen LogP contribution in [-0.2, 0) is 17.6 Å². The van der Waals surface area contributed by atoms with E-state index in [4.69, 9.17) is 4.74 Å². The normalized spacial score (nSPS) is 16.4. The van der Waals surface area contributed by atoms with Gasteiger partial charge in [0.2, 0.25) is 5.91 Å². The average Bonchev–Trinajstić information content (AvgIpc) is 3.33. The number of rotatable bonds is 10. The van der Waals surface area contributed by atoms with Crippen molar-refractivity contribution in [2.45, 2.75) is 51.8 Å². The summed E-state index contributed by atoms with van der Waals surface area (Å²) < 4.78 is 6.15. The fraction of sp³-hybridized carbons (Fsp3) is 0.414. The SMILES string of the molecule is Cc1ccc(OCC2c3ccsc3CCN2C(=O)CN(CC(O)Cc2ccccc2)C(C)C)cc1. The van der Waals surface area contributed by atoms with Crippen LogP contribution in [0.15, 0.2) is 66.0 Å². The first-order valence-electron chi connectivity index (χ1n) is 12.4. The van der Waals surface area contributed by atoms with Crippen LogP contribution < -0.4 is 4.74 Å². The molecule has 35 heavy (non-hydrogen) atoms. The molecular formula is C29H36N2O3S. The summed E-state index contributed by atoms with van der Waals surface area (Å²) in [6.07, 6.45) is 0.920. The van der Waals surface area contributed by atoms with Crippen LogP contribution in [0.1, 0.15) is 41.5 Å². The first-order valence-corrected chi connectivity index (χ1v) is 13.3. The molecule has 2 atom stereocenters. The minimum absolute atomic E-state index is 0.0833. The van der Waals surface area contributed by atoms with E-state index in [0.717, 1.165) is 17.7 Å². The Morgan fingerprint density at radius 2 is 1.89 bits per heavy atom. The van der Waals surface area contributed by atoms with E-state index >= 15 is 0 Å². The first-order chi connectivity index (χ1) is 16.9. The maximum atomic E-state index is 13.6. The van der Waals surface area contributed by atoms with E-state index in [1.54, 1.807) is 11.3 Å². The molecule has 2 heterocycles. The lowest BCUT2D eigenvalue weighted by Gasteiger charge is -2.38. The van der Waals surface area contributed by atoms with Gasteiger partial charge in [-0.2, -0.15) is 0 Å². The minimum Gasteiger partial charge on any atom is -0.491 e. The number of carbonyl (C=O) groups excluding carboxylic acids is 1. The lowest BCUT2D eigenvalue weighted by Crippen LogP contribution is -2.49. The summed E-state index contributed by atoms with van der Waals surface area (Å²) in [6, 6.07) is 20.2. The number of amides is 1. The Kier molecular flexibility index (Phi) is 8.60. The molecule has 2 unspecified atom stereocenters. The molecule has 6 heteroatoms. The van der Waals surface area contributed by atoms with E-state index in [9.17, 15) is 9.90 Å². The summed E-state index contributed by atoms with van der Waals surface area (Å²) in [5.74, 6) is 0.901.